The Balaban J connectivity index is 2.59. The number of halogens is 2. The summed E-state index contributed by atoms with van der Waals surface area (Å²) in [7, 11) is 0. The van der Waals surface area contributed by atoms with Crippen molar-refractivity contribution in [1.82, 2.24) is 5.32 Å². The minimum absolute atomic E-state index is 0.151. The van der Waals surface area contributed by atoms with Gasteiger partial charge in [0.25, 0.3) is 0 Å². The summed E-state index contributed by atoms with van der Waals surface area (Å²) in [6, 6.07) is 3.97. The zero-order valence-corrected chi connectivity index (χ0v) is 10.8. The number of aliphatic hydroxyl groups is 1. The van der Waals surface area contributed by atoms with Crippen LogP contribution in [0.25, 0.3) is 0 Å². The van der Waals surface area contributed by atoms with E-state index in [0.29, 0.717) is 9.26 Å². The fourth-order valence-corrected chi connectivity index (χ4v) is 1.50. The lowest BCUT2D eigenvalue weighted by Crippen LogP contribution is -2.34. The van der Waals surface area contributed by atoms with Gasteiger partial charge in [0.1, 0.15) is 5.82 Å². The first-order valence-electron chi connectivity index (χ1n) is 4.67. The second-order valence-electron chi connectivity index (χ2n) is 3.29. The molecule has 6 heteroatoms. The topological polar surface area (TPSA) is 61.4 Å². The molecule has 88 valence electrons. The largest absolute Gasteiger partial charge is 0.392 e. The molecule has 4 nitrogen and oxygen atoms in total. The molecule has 0 bridgehead atoms. The summed E-state index contributed by atoms with van der Waals surface area (Å²) in [5.41, 5.74) is 0.406. The van der Waals surface area contributed by atoms with Crippen LogP contribution in [0.4, 0.5) is 14.9 Å². The quantitative estimate of drug-likeness (QED) is 0.738. The van der Waals surface area contributed by atoms with Crippen LogP contribution in [0.2, 0.25) is 0 Å². The Kier molecular flexibility index (Phi) is 4.94. The number of carbonyl (C=O) groups is 1. The van der Waals surface area contributed by atoms with Gasteiger partial charge in [-0.1, -0.05) is 6.07 Å². The van der Waals surface area contributed by atoms with E-state index in [2.05, 4.69) is 10.6 Å². The average Bonchev–Trinajstić information content (AvgIpc) is 2.22. The molecule has 0 radical (unpaired) electrons. The van der Waals surface area contributed by atoms with Gasteiger partial charge in [0.15, 0.2) is 0 Å². The first-order valence-corrected chi connectivity index (χ1v) is 5.75. The van der Waals surface area contributed by atoms with Gasteiger partial charge >= 0.3 is 6.03 Å². The highest BCUT2D eigenvalue weighted by atomic mass is 127. The number of carbonyl (C=O) groups excluding carboxylic acids is 1. The van der Waals surface area contributed by atoms with E-state index in [1.165, 1.54) is 12.1 Å². The van der Waals surface area contributed by atoms with Crippen LogP contribution in [0.5, 0.6) is 0 Å². The minimum atomic E-state index is -0.614. The van der Waals surface area contributed by atoms with Crippen LogP contribution in [0.1, 0.15) is 6.92 Å². The number of hydrogen-bond acceptors (Lipinski definition) is 2. The molecular weight excluding hydrogens is 326 g/mol. The lowest BCUT2D eigenvalue weighted by molar-refractivity contribution is 0.190. The number of amides is 2. The number of anilines is 1. The summed E-state index contributed by atoms with van der Waals surface area (Å²) in [6.07, 6.45) is -0.614. The summed E-state index contributed by atoms with van der Waals surface area (Å²) in [4.78, 5) is 11.3. The molecule has 0 heterocycles. The van der Waals surface area contributed by atoms with Gasteiger partial charge in [-0.2, -0.15) is 0 Å². The predicted molar refractivity (Wildman–Crippen MR) is 67.8 cm³/mol. The number of urea groups is 1. The zero-order chi connectivity index (χ0) is 12.1. The number of hydrogen-bond donors (Lipinski definition) is 3. The van der Waals surface area contributed by atoms with Crippen molar-refractivity contribution in [3.8, 4) is 0 Å². The standard InChI is InChI=1S/C10H12FIN2O2/c1-6(15)5-13-10(16)14-8-4-2-3-7(11)9(8)12/h2-4,6,15H,5H2,1H3,(H2,13,14,16)/t6-/m0/s1. The molecule has 1 rings (SSSR count). The van der Waals surface area contributed by atoms with E-state index in [0.717, 1.165) is 0 Å². The van der Waals surface area contributed by atoms with E-state index in [-0.39, 0.29) is 12.4 Å². The molecule has 0 saturated heterocycles. The van der Waals surface area contributed by atoms with Crippen LogP contribution in [-0.4, -0.2) is 23.8 Å². The van der Waals surface area contributed by atoms with Crippen LogP contribution in [0.15, 0.2) is 18.2 Å². The Bertz CT molecular complexity index is 385. The molecule has 16 heavy (non-hydrogen) atoms. The Hall–Kier alpha value is -0.890. The third kappa shape index (κ3) is 3.93. The first kappa shape index (κ1) is 13.2. The van der Waals surface area contributed by atoms with E-state index in [4.69, 9.17) is 5.11 Å². The zero-order valence-electron chi connectivity index (χ0n) is 8.63. The summed E-state index contributed by atoms with van der Waals surface area (Å²) in [5, 5.41) is 13.9. The molecule has 1 aromatic carbocycles. The van der Waals surface area contributed by atoms with E-state index in [9.17, 15) is 9.18 Å². The molecular formula is C10H12FIN2O2. The first-order chi connectivity index (χ1) is 7.50. The van der Waals surface area contributed by atoms with Gasteiger partial charge in [0, 0.05) is 6.54 Å². The molecule has 1 atom stereocenters. The van der Waals surface area contributed by atoms with Crippen molar-refractivity contribution >= 4 is 34.3 Å². The summed E-state index contributed by atoms with van der Waals surface area (Å²) in [6.45, 7) is 1.71. The van der Waals surface area contributed by atoms with E-state index >= 15 is 0 Å². The third-order valence-corrected chi connectivity index (χ3v) is 2.85. The number of rotatable bonds is 3. The van der Waals surface area contributed by atoms with Crippen LogP contribution in [0.3, 0.4) is 0 Å². The van der Waals surface area contributed by atoms with Crippen LogP contribution in [-0.2, 0) is 0 Å². The van der Waals surface area contributed by atoms with Gasteiger partial charge in [-0.15, -0.1) is 0 Å². The highest BCUT2D eigenvalue weighted by Crippen LogP contribution is 2.20. The highest BCUT2D eigenvalue weighted by Gasteiger charge is 2.08. The van der Waals surface area contributed by atoms with Gasteiger partial charge in [-0.25, -0.2) is 9.18 Å². The van der Waals surface area contributed by atoms with Crippen molar-refractivity contribution in [2.24, 2.45) is 0 Å². The lowest BCUT2D eigenvalue weighted by atomic mass is 10.3. The highest BCUT2D eigenvalue weighted by molar-refractivity contribution is 14.1. The van der Waals surface area contributed by atoms with Crippen LogP contribution < -0.4 is 10.6 Å². The van der Waals surface area contributed by atoms with E-state index in [1.54, 1.807) is 13.0 Å². The van der Waals surface area contributed by atoms with Crippen molar-refractivity contribution in [2.45, 2.75) is 13.0 Å². The molecule has 3 N–H and O–H groups in total. The van der Waals surface area contributed by atoms with Crippen molar-refractivity contribution < 1.29 is 14.3 Å². The third-order valence-electron chi connectivity index (χ3n) is 1.76. The molecule has 0 fully saturated rings. The van der Waals surface area contributed by atoms with Gasteiger partial charge in [0.2, 0.25) is 0 Å². The Morgan fingerprint density at radius 3 is 2.94 bits per heavy atom. The maximum atomic E-state index is 13.1. The monoisotopic (exact) mass is 338 g/mol. The van der Waals surface area contributed by atoms with Crippen molar-refractivity contribution in [3.05, 3.63) is 27.6 Å². The SMILES string of the molecule is C[C@H](O)CNC(=O)Nc1cccc(F)c1I. The normalized spacial score (nSPS) is 12.0. The molecule has 0 aliphatic rings. The van der Waals surface area contributed by atoms with Crippen molar-refractivity contribution in [3.63, 3.8) is 0 Å². The fraction of sp³-hybridized carbons (Fsp3) is 0.300. The molecule has 0 aliphatic carbocycles. The molecule has 0 aromatic heterocycles. The molecule has 0 aliphatic heterocycles. The lowest BCUT2D eigenvalue weighted by Gasteiger charge is -2.10. The predicted octanol–water partition coefficient (Wildman–Crippen LogP) is 1.93. The fourth-order valence-electron chi connectivity index (χ4n) is 1.01. The van der Waals surface area contributed by atoms with Crippen molar-refractivity contribution in [2.75, 3.05) is 11.9 Å². The van der Waals surface area contributed by atoms with Crippen LogP contribution >= 0.6 is 22.6 Å². The van der Waals surface area contributed by atoms with Gasteiger partial charge < -0.3 is 15.7 Å². The molecule has 0 saturated carbocycles. The minimum Gasteiger partial charge on any atom is -0.392 e. The molecule has 0 unspecified atom stereocenters. The molecule has 0 spiro atoms. The Labute approximate surface area is 106 Å². The maximum Gasteiger partial charge on any atom is 0.319 e. The Morgan fingerprint density at radius 2 is 2.31 bits per heavy atom. The average molecular weight is 338 g/mol. The molecule has 2 amide bonds. The number of benzene rings is 1. The van der Waals surface area contributed by atoms with E-state index < -0.39 is 12.1 Å². The summed E-state index contributed by atoms with van der Waals surface area (Å²) < 4.78 is 13.5. The molecule has 1 aromatic rings. The smallest absolute Gasteiger partial charge is 0.319 e. The van der Waals surface area contributed by atoms with Crippen molar-refractivity contribution in [1.29, 1.82) is 0 Å². The van der Waals surface area contributed by atoms with Crippen LogP contribution in [0, 0.1) is 9.39 Å². The number of nitrogens with one attached hydrogen (secondary N) is 2. The summed E-state index contributed by atoms with van der Waals surface area (Å²) in [5.74, 6) is -0.381. The summed E-state index contributed by atoms with van der Waals surface area (Å²) >= 11 is 1.81. The second-order valence-corrected chi connectivity index (χ2v) is 4.36. The Morgan fingerprint density at radius 1 is 1.62 bits per heavy atom. The van der Waals surface area contributed by atoms with E-state index in [1.807, 2.05) is 22.6 Å². The maximum absolute atomic E-state index is 13.1. The second kappa shape index (κ2) is 6.00. The van der Waals surface area contributed by atoms with Gasteiger partial charge in [-0.05, 0) is 41.6 Å². The van der Waals surface area contributed by atoms with Gasteiger partial charge in [-0.3, -0.25) is 0 Å². The number of aliphatic hydroxyl groups excluding tert-OH is 1. The van der Waals surface area contributed by atoms with Gasteiger partial charge in [0.05, 0.1) is 15.4 Å².